The molecule has 28 heavy (non-hydrogen) atoms. The molecule has 3 rings (SSSR count). The van der Waals surface area contributed by atoms with Crippen LogP contribution in [0.2, 0.25) is 0 Å². The second-order valence-corrected chi connectivity index (χ2v) is 6.85. The lowest BCUT2D eigenvalue weighted by Gasteiger charge is -2.23. The van der Waals surface area contributed by atoms with Crippen LogP contribution in [0.25, 0.3) is 5.69 Å². The Morgan fingerprint density at radius 2 is 1.86 bits per heavy atom. The lowest BCUT2D eigenvalue weighted by Crippen LogP contribution is -2.48. The van der Waals surface area contributed by atoms with Crippen LogP contribution in [0.3, 0.4) is 0 Å². The van der Waals surface area contributed by atoms with Crippen molar-refractivity contribution in [3.8, 4) is 5.69 Å². The Labute approximate surface area is 163 Å². The predicted octanol–water partition coefficient (Wildman–Crippen LogP) is 2.58. The summed E-state index contributed by atoms with van der Waals surface area (Å²) in [6.07, 6.45) is 6.94. The van der Waals surface area contributed by atoms with Crippen molar-refractivity contribution < 1.29 is 19.1 Å². The normalized spacial score (nSPS) is 15.5. The largest absolute Gasteiger partial charge is 0.449 e. The molecule has 1 atom stereocenters. The number of carbonyl (C=O) groups is 3. The number of rotatable bonds is 5. The molecular weight excluding hydrogens is 360 g/mol. The number of hydrogen-bond acceptors (Lipinski definition) is 5. The summed E-state index contributed by atoms with van der Waals surface area (Å²) in [5.74, 6) is -1.35. The first-order valence-electron chi connectivity index (χ1n) is 9.45. The Kier molecular flexibility index (Phi) is 6.41. The Balaban J connectivity index is 1.50. The van der Waals surface area contributed by atoms with E-state index in [-0.39, 0.29) is 11.6 Å². The molecule has 0 spiro atoms. The number of hydrogen-bond donors (Lipinski definition) is 2. The Morgan fingerprint density at radius 1 is 1.14 bits per heavy atom. The van der Waals surface area contributed by atoms with Gasteiger partial charge in [-0.15, -0.1) is 0 Å². The number of nitrogens with one attached hydrogen (secondary N) is 2. The van der Waals surface area contributed by atoms with Crippen LogP contribution in [-0.2, 0) is 9.53 Å². The number of imide groups is 1. The maximum atomic E-state index is 12.3. The van der Waals surface area contributed by atoms with E-state index in [0.29, 0.717) is 0 Å². The van der Waals surface area contributed by atoms with E-state index in [4.69, 9.17) is 4.74 Å². The molecule has 8 nitrogen and oxygen atoms in total. The number of aromatic nitrogens is 2. The number of amides is 3. The molecule has 3 amide bonds. The summed E-state index contributed by atoms with van der Waals surface area (Å²) in [6.45, 7) is 1.42. The van der Waals surface area contributed by atoms with Crippen molar-refractivity contribution in [2.45, 2.75) is 51.2 Å². The summed E-state index contributed by atoms with van der Waals surface area (Å²) in [7, 11) is 0. The third-order valence-corrected chi connectivity index (χ3v) is 4.67. The van der Waals surface area contributed by atoms with Gasteiger partial charge >= 0.3 is 12.0 Å². The zero-order valence-corrected chi connectivity index (χ0v) is 15.8. The molecule has 2 aromatic rings. The van der Waals surface area contributed by atoms with Crippen molar-refractivity contribution in [2.75, 3.05) is 0 Å². The minimum absolute atomic E-state index is 0.0863. The van der Waals surface area contributed by atoms with Crippen molar-refractivity contribution >= 4 is 17.9 Å². The molecule has 1 aliphatic carbocycles. The summed E-state index contributed by atoms with van der Waals surface area (Å²) >= 11 is 0. The quantitative estimate of drug-likeness (QED) is 0.772. The van der Waals surface area contributed by atoms with Crippen molar-refractivity contribution in [3.63, 3.8) is 0 Å². The number of carbonyl (C=O) groups excluding carboxylic acids is 3. The van der Waals surface area contributed by atoms with E-state index in [1.54, 1.807) is 4.68 Å². The summed E-state index contributed by atoms with van der Waals surface area (Å²) in [5, 5.41) is 9.14. The van der Waals surface area contributed by atoms with Gasteiger partial charge in [-0.2, -0.15) is 5.10 Å². The number of urea groups is 1. The molecule has 1 aliphatic rings. The molecule has 1 aromatic carbocycles. The highest BCUT2D eigenvalue weighted by molar-refractivity contribution is 5.98. The SMILES string of the molecule is CC(OC(=O)c1cnn(-c2ccccc2)c1)C(=O)NC(=O)NC1CCCCC1. The average Bonchev–Trinajstić information content (AvgIpc) is 3.19. The number of ether oxygens (including phenoxy) is 1. The minimum Gasteiger partial charge on any atom is -0.449 e. The Morgan fingerprint density at radius 3 is 2.57 bits per heavy atom. The fourth-order valence-electron chi connectivity index (χ4n) is 3.11. The van der Waals surface area contributed by atoms with Crippen LogP contribution in [0, 0.1) is 0 Å². The van der Waals surface area contributed by atoms with Gasteiger partial charge in [-0.25, -0.2) is 14.3 Å². The van der Waals surface area contributed by atoms with Crippen LogP contribution in [0.5, 0.6) is 0 Å². The molecule has 1 fully saturated rings. The smallest absolute Gasteiger partial charge is 0.342 e. The van der Waals surface area contributed by atoms with Crippen molar-refractivity contribution in [1.82, 2.24) is 20.4 Å². The molecule has 8 heteroatoms. The monoisotopic (exact) mass is 384 g/mol. The number of esters is 1. The van der Waals surface area contributed by atoms with Gasteiger partial charge in [-0.3, -0.25) is 10.1 Å². The highest BCUT2D eigenvalue weighted by Gasteiger charge is 2.23. The third kappa shape index (κ3) is 5.18. The molecule has 0 aliphatic heterocycles. The van der Waals surface area contributed by atoms with Crippen molar-refractivity contribution in [2.24, 2.45) is 0 Å². The number of nitrogens with zero attached hydrogens (tertiary/aromatic N) is 2. The van der Waals surface area contributed by atoms with Crippen LogP contribution in [0.1, 0.15) is 49.4 Å². The van der Waals surface area contributed by atoms with Crippen LogP contribution >= 0.6 is 0 Å². The Bertz CT molecular complexity index is 828. The molecule has 1 aromatic heterocycles. The number of para-hydroxylation sites is 1. The maximum absolute atomic E-state index is 12.3. The van der Waals surface area contributed by atoms with Gasteiger partial charge in [-0.05, 0) is 31.9 Å². The molecule has 0 radical (unpaired) electrons. The molecule has 0 bridgehead atoms. The van der Waals surface area contributed by atoms with Crippen LogP contribution in [-0.4, -0.2) is 39.8 Å². The highest BCUT2D eigenvalue weighted by atomic mass is 16.5. The van der Waals surface area contributed by atoms with Gasteiger partial charge in [0.25, 0.3) is 5.91 Å². The predicted molar refractivity (Wildman–Crippen MR) is 102 cm³/mol. The van der Waals surface area contributed by atoms with E-state index in [2.05, 4.69) is 15.7 Å². The fraction of sp³-hybridized carbons (Fsp3) is 0.400. The van der Waals surface area contributed by atoms with Gasteiger partial charge in [0.2, 0.25) is 0 Å². The first-order valence-corrected chi connectivity index (χ1v) is 9.45. The zero-order chi connectivity index (χ0) is 19.9. The zero-order valence-electron chi connectivity index (χ0n) is 15.8. The van der Waals surface area contributed by atoms with Gasteiger partial charge in [-0.1, -0.05) is 37.5 Å². The maximum Gasteiger partial charge on any atom is 0.342 e. The standard InChI is InChI=1S/C20H24N4O4/c1-14(18(25)23-20(27)22-16-8-4-2-5-9-16)28-19(26)15-12-21-24(13-15)17-10-6-3-7-11-17/h3,6-7,10-14,16H,2,4-5,8-9H2,1H3,(H2,22,23,25,27). The van der Waals surface area contributed by atoms with Crippen molar-refractivity contribution in [1.29, 1.82) is 0 Å². The molecular formula is C20H24N4O4. The van der Waals surface area contributed by atoms with Gasteiger partial charge in [0.15, 0.2) is 6.10 Å². The molecule has 1 heterocycles. The van der Waals surface area contributed by atoms with Gasteiger partial charge < -0.3 is 10.1 Å². The molecule has 2 N–H and O–H groups in total. The molecule has 148 valence electrons. The van der Waals surface area contributed by atoms with E-state index in [0.717, 1.165) is 31.4 Å². The summed E-state index contributed by atoms with van der Waals surface area (Å²) in [4.78, 5) is 36.3. The lowest BCUT2D eigenvalue weighted by atomic mass is 9.96. The van der Waals surface area contributed by atoms with E-state index >= 15 is 0 Å². The number of benzene rings is 1. The summed E-state index contributed by atoms with van der Waals surface area (Å²) < 4.78 is 6.69. The topological polar surface area (TPSA) is 102 Å². The fourth-order valence-corrected chi connectivity index (χ4v) is 3.11. The highest BCUT2D eigenvalue weighted by Crippen LogP contribution is 2.17. The van der Waals surface area contributed by atoms with Gasteiger partial charge in [0.05, 0.1) is 17.4 Å². The van der Waals surface area contributed by atoms with Gasteiger partial charge in [0.1, 0.15) is 0 Å². The lowest BCUT2D eigenvalue weighted by molar-refractivity contribution is -0.127. The van der Waals surface area contributed by atoms with E-state index in [1.807, 2.05) is 30.3 Å². The molecule has 1 saturated carbocycles. The van der Waals surface area contributed by atoms with E-state index in [1.165, 1.54) is 25.7 Å². The molecule has 1 unspecified atom stereocenters. The summed E-state index contributed by atoms with van der Waals surface area (Å²) in [6, 6.07) is 8.83. The van der Waals surface area contributed by atoms with Crippen molar-refractivity contribution in [3.05, 3.63) is 48.3 Å². The van der Waals surface area contributed by atoms with Crippen LogP contribution in [0.15, 0.2) is 42.7 Å². The van der Waals surface area contributed by atoms with E-state index in [9.17, 15) is 14.4 Å². The second kappa shape index (κ2) is 9.16. The summed E-state index contributed by atoms with van der Waals surface area (Å²) in [5.41, 5.74) is 1.02. The third-order valence-electron chi connectivity index (χ3n) is 4.67. The average molecular weight is 384 g/mol. The van der Waals surface area contributed by atoms with Gasteiger partial charge in [0, 0.05) is 12.2 Å². The van der Waals surface area contributed by atoms with Crippen LogP contribution < -0.4 is 10.6 Å². The first kappa shape index (κ1) is 19.6. The Hall–Kier alpha value is -3.16. The molecule has 0 saturated heterocycles. The minimum atomic E-state index is -1.11. The van der Waals surface area contributed by atoms with E-state index < -0.39 is 24.0 Å². The van der Waals surface area contributed by atoms with Crippen LogP contribution in [0.4, 0.5) is 4.79 Å². The first-order chi connectivity index (χ1) is 13.5. The second-order valence-electron chi connectivity index (χ2n) is 6.85.